The highest BCUT2D eigenvalue weighted by Gasteiger charge is 2.30. The summed E-state index contributed by atoms with van der Waals surface area (Å²) in [5.41, 5.74) is 2.34. The molecule has 1 fully saturated rings. The summed E-state index contributed by atoms with van der Waals surface area (Å²) in [6.45, 7) is 9.60. The standard InChI is InChI=1S/C27H39N3O2/c1-21(2)29(19-25-16-11-17-28(25)18-23-12-7-5-8-13-23)26(31)20-30(22(3)4)27(32)24-14-9-6-10-15-24/h5,7-8,11-13,16-17,21-22,24H,6,9-10,14-15,18-20H2,1-4H3. The first kappa shape index (κ1) is 24.1. The summed E-state index contributed by atoms with van der Waals surface area (Å²) < 4.78 is 2.20. The number of carbonyl (C=O) groups excluding carboxylic acids is 2. The molecule has 0 bridgehead atoms. The number of hydrogen-bond acceptors (Lipinski definition) is 2. The number of rotatable bonds is 9. The van der Waals surface area contributed by atoms with Gasteiger partial charge in [0, 0.05) is 36.4 Å². The maximum atomic E-state index is 13.4. The van der Waals surface area contributed by atoms with Crippen molar-refractivity contribution in [3.8, 4) is 0 Å². The van der Waals surface area contributed by atoms with E-state index in [4.69, 9.17) is 0 Å². The van der Waals surface area contributed by atoms with Crippen LogP contribution in [0.4, 0.5) is 0 Å². The topological polar surface area (TPSA) is 45.6 Å². The first-order valence-corrected chi connectivity index (χ1v) is 12.1. The Balaban J connectivity index is 1.70. The Morgan fingerprint density at radius 1 is 0.906 bits per heavy atom. The predicted molar refractivity (Wildman–Crippen MR) is 129 cm³/mol. The minimum Gasteiger partial charge on any atom is -0.345 e. The van der Waals surface area contributed by atoms with E-state index in [1.165, 1.54) is 12.0 Å². The minimum atomic E-state index is 0.0179. The second-order valence-electron chi connectivity index (χ2n) is 9.62. The first-order valence-electron chi connectivity index (χ1n) is 12.1. The molecule has 1 saturated carbocycles. The molecule has 0 unspecified atom stereocenters. The van der Waals surface area contributed by atoms with E-state index in [-0.39, 0.29) is 36.4 Å². The number of hydrogen-bond donors (Lipinski definition) is 0. The van der Waals surface area contributed by atoms with E-state index in [2.05, 4.69) is 29.0 Å². The van der Waals surface area contributed by atoms with Gasteiger partial charge in [0.25, 0.3) is 0 Å². The van der Waals surface area contributed by atoms with Gasteiger partial charge in [0.05, 0.1) is 6.54 Å². The van der Waals surface area contributed by atoms with Crippen LogP contribution in [-0.2, 0) is 22.7 Å². The molecule has 1 aliphatic carbocycles. The molecule has 0 radical (unpaired) electrons. The zero-order valence-corrected chi connectivity index (χ0v) is 20.2. The molecule has 1 aliphatic rings. The van der Waals surface area contributed by atoms with Gasteiger partial charge in [-0.05, 0) is 58.2 Å². The lowest BCUT2D eigenvalue weighted by atomic mass is 9.88. The third kappa shape index (κ3) is 6.24. The van der Waals surface area contributed by atoms with Gasteiger partial charge in [0.1, 0.15) is 6.54 Å². The molecule has 5 heteroatoms. The third-order valence-electron chi connectivity index (χ3n) is 6.56. The molecule has 32 heavy (non-hydrogen) atoms. The zero-order valence-electron chi connectivity index (χ0n) is 20.2. The number of carbonyl (C=O) groups is 2. The van der Waals surface area contributed by atoms with Crippen molar-refractivity contribution in [3.63, 3.8) is 0 Å². The normalized spacial score (nSPS) is 14.7. The van der Waals surface area contributed by atoms with Crippen molar-refractivity contribution in [1.82, 2.24) is 14.4 Å². The second kappa shape index (κ2) is 11.3. The minimum absolute atomic E-state index is 0.0179. The van der Waals surface area contributed by atoms with Gasteiger partial charge in [-0.15, -0.1) is 0 Å². The highest BCUT2D eigenvalue weighted by Crippen LogP contribution is 2.26. The average Bonchev–Trinajstić information content (AvgIpc) is 3.22. The van der Waals surface area contributed by atoms with Gasteiger partial charge in [0.15, 0.2) is 0 Å². The van der Waals surface area contributed by atoms with Crippen molar-refractivity contribution in [1.29, 1.82) is 0 Å². The highest BCUT2D eigenvalue weighted by atomic mass is 16.2. The van der Waals surface area contributed by atoms with Crippen LogP contribution in [-0.4, -0.2) is 44.8 Å². The number of aromatic nitrogens is 1. The van der Waals surface area contributed by atoms with Crippen LogP contribution in [0.25, 0.3) is 0 Å². The Labute approximate surface area is 193 Å². The quantitative estimate of drug-likeness (QED) is 0.548. The molecule has 1 aromatic carbocycles. The van der Waals surface area contributed by atoms with Crippen LogP contribution in [0.3, 0.4) is 0 Å². The fourth-order valence-electron chi connectivity index (χ4n) is 4.60. The molecule has 1 aromatic heterocycles. The van der Waals surface area contributed by atoms with Crippen molar-refractivity contribution in [2.75, 3.05) is 6.54 Å². The summed E-state index contributed by atoms with van der Waals surface area (Å²) in [6.07, 6.45) is 7.43. The smallest absolute Gasteiger partial charge is 0.242 e. The maximum absolute atomic E-state index is 13.4. The van der Waals surface area contributed by atoms with E-state index in [9.17, 15) is 9.59 Å². The molecule has 0 saturated heterocycles. The van der Waals surface area contributed by atoms with Gasteiger partial charge in [-0.3, -0.25) is 9.59 Å². The van der Waals surface area contributed by atoms with Gasteiger partial charge in [-0.1, -0.05) is 49.6 Å². The third-order valence-corrected chi connectivity index (χ3v) is 6.56. The van der Waals surface area contributed by atoms with Crippen LogP contribution in [0.1, 0.15) is 71.1 Å². The number of nitrogens with zero attached hydrogens (tertiary/aromatic N) is 3. The van der Waals surface area contributed by atoms with Gasteiger partial charge < -0.3 is 14.4 Å². The molecular weight excluding hydrogens is 398 g/mol. The fraction of sp³-hybridized carbons (Fsp3) is 0.556. The SMILES string of the molecule is CC(C)N(Cc1cccn1Cc1ccccc1)C(=O)CN(C(=O)C1CCCCC1)C(C)C. The van der Waals surface area contributed by atoms with Gasteiger partial charge in [-0.2, -0.15) is 0 Å². The van der Waals surface area contributed by atoms with Crippen LogP contribution in [0.2, 0.25) is 0 Å². The monoisotopic (exact) mass is 437 g/mol. The van der Waals surface area contributed by atoms with Gasteiger partial charge in [-0.25, -0.2) is 0 Å². The Bertz CT molecular complexity index is 866. The Morgan fingerprint density at radius 2 is 1.56 bits per heavy atom. The summed E-state index contributed by atoms with van der Waals surface area (Å²) in [7, 11) is 0. The van der Waals surface area contributed by atoms with Crippen LogP contribution in [0.15, 0.2) is 48.7 Å². The molecule has 174 valence electrons. The van der Waals surface area contributed by atoms with Gasteiger partial charge in [0.2, 0.25) is 11.8 Å². The van der Waals surface area contributed by atoms with E-state index in [1.54, 1.807) is 4.90 Å². The molecule has 0 N–H and O–H groups in total. The van der Waals surface area contributed by atoms with E-state index >= 15 is 0 Å². The van der Waals surface area contributed by atoms with Crippen LogP contribution < -0.4 is 0 Å². The van der Waals surface area contributed by atoms with Crippen molar-refractivity contribution in [2.45, 2.75) is 85.0 Å². The lowest BCUT2D eigenvalue weighted by Gasteiger charge is -2.35. The molecule has 1 heterocycles. The number of amides is 2. The number of benzene rings is 1. The van der Waals surface area contributed by atoms with Crippen molar-refractivity contribution in [2.24, 2.45) is 5.92 Å². The van der Waals surface area contributed by atoms with Crippen LogP contribution in [0, 0.1) is 5.92 Å². The molecule has 2 amide bonds. The fourth-order valence-corrected chi connectivity index (χ4v) is 4.60. The molecule has 0 spiro atoms. The average molecular weight is 438 g/mol. The van der Waals surface area contributed by atoms with Gasteiger partial charge >= 0.3 is 0 Å². The van der Waals surface area contributed by atoms with Crippen LogP contribution >= 0.6 is 0 Å². The first-order chi connectivity index (χ1) is 15.4. The van der Waals surface area contributed by atoms with Crippen molar-refractivity contribution < 1.29 is 9.59 Å². The zero-order chi connectivity index (χ0) is 23.1. The molecule has 2 aromatic rings. The van der Waals surface area contributed by atoms with E-state index in [0.717, 1.165) is 37.9 Å². The molecule has 0 aliphatic heterocycles. The Kier molecular flexibility index (Phi) is 8.54. The van der Waals surface area contributed by atoms with Crippen LogP contribution in [0.5, 0.6) is 0 Å². The summed E-state index contributed by atoms with van der Waals surface area (Å²) >= 11 is 0. The van der Waals surface area contributed by atoms with Crippen molar-refractivity contribution in [3.05, 3.63) is 59.9 Å². The lowest BCUT2D eigenvalue weighted by molar-refractivity contribution is -0.146. The Morgan fingerprint density at radius 3 is 2.19 bits per heavy atom. The largest absolute Gasteiger partial charge is 0.345 e. The second-order valence-corrected chi connectivity index (χ2v) is 9.62. The van der Waals surface area contributed by atoms with E-state index < -0.39 is 0 Å². The predicted octanol–water partition coefficient (Wildman–Crippen LogP) is 5.09. The highest BCUT2D eigenvalue weighted by molar-refractivity contribution is 5.86. The van der Waals surface area contributed by atoms with E-state index in [0.29, 0.717) is 6.54 Å². The molecule has 3 rings (SSSR count). The molecule has 0 atom stereocenters. The van der Waals surface area contributed by atoms with E-state index in [1.807, 2.05) is 56.9 Å². The Hall–Kier alpha value is -2.56. The summed E-state index contributed by atoms with van der Waals surface area (Å²) in [5.74, 6) is 0.254. The summed E-state index contributed by atoms with van der Waals surface area (Å²) in [5, 5.41) is 0. The maximum Gasteiger partial charge on any atom is 0.242 e. The molecule has 5 nitrogen and oxygen atoms in total. The molecular formula is C27H39N3O2. The summed E-state index contributed by atoms with van der Waals surface area (Å²) in [6, 6.07) is 14.5. The van der Waals surface area contributed by atoms with Crippen molar-refractivity contribution >= 4 is 11.8 Å². The summed E-state index contributed by atoms with van der Waals surface area (Å²) in [4.78, 5) is 30.3. The lowest BCUT2D eigenvalue weighted by Crippen LogP contribution is -2.49.